The highest BCUT2D eigenvalue weighted by Gasteiger charge is 2.24. The van der Waals surface area contributed by atoms with Crippen LogP contribution in [-0.4, -0.2) is 32.4 Å². The zero-order chi connectivity index (χ0) is 16.5. The second-order valence-corrected chi connectivity index (χ2v) is 7.66. The Morgan fingerprint density at radius 2 is 1.68 bits per heavy atom. The predicted molar refractivity (Wildman–Crippen MR) is 92.4 cm³/mol. The van der Waals surface area contributed by atoms with Crippen LogP contribution in [0.4, 0.5) is 0 Å². The normalized spacial score (nSPS) is 17.0. The summed E-state index contributed by atoms with van der Waals surface area (Å²) in [6, 6.07) is 7.52. The summed E-state index contributed by atoms with van der Waals surface area (Å²) >= 11 is 0. The van der Waals surface area contributed by atoms with E-state index in [4.69, 9.17) is 0 Å². The molecule has 0 saturated carbocycles. The lowest BCUT2D eigenvalue weighted by molar-refractivity contribution is 0.0276. The van der Waals surface area contributed by atoms with E-state index in [0.717, 1.165) is 23.3 Å². The molecule has 0 spiro atoms. The van der Waals surface area contributed by atoms with Gasteiger partial charge < -0.3 is 10.2 Å². The van der Waals surface area contributed by atoms with Crippen molar-refractivity contribution in [2.45, 2.75) is 70.0 Å². The Morgan fingerprint density at radius 1 is 1.05 bits per heavy atom. The molecule has 0 heterocycles. The van der Waals surface area contributed by atoms with Gasteiger partial charge in [0.2, 0.25) is 0 Å². The van der Waals surface area contributed by atoms with Gasteiger partial charge in [0.1, 0.15) is 0 Å². The van der Waals surface area contributed by atoms with E-state index in [-0.39, 0.29) is 11.7 Å². The number of aliphatic hydroxyl groups is 2. The quantitative estimate of drug-likeness (QED) is 0.648. The third-order valence-corrected chi connectivity index (χ3v) is 5.62. The van der Waals surface area contributed by atoms with Crippen LogP contribution in [0.5, 0.6) is 0 Å². The summed E-state index contributed by atoms with van der Waals surface area (Å²) in [7, 11) is -1.23. The number of unbranched alkanes of at least 4 members (excludes halogenated alkanes) is 3. The van der Waals surface area contributed by atoms with Crippen LogP contribution in [0.25, 0.3) is 0 Å². The number of benzene rings is 1. The summed E-state index contributed by atoms with van der Waals surface area (Å²) in [5.41, 5.74) is 1.12. The van der Waals surface area contributed by atoms with Gasteiger partial charge in [-0.1, -0.05) is 57.2 Å². The number of rotatable bonds is 10. The van der Waals surface area contributed by atoms with Gasteiger partial charge in [0, 0.05) is 10.8 Å². The van der Waals surface area contributed by atoms with Crippen molar-refractivity contribution in [1.82, 2.24) is 0 Å². The fraction of sp³-hybridized carbons (Fsp3) is 0.667. The van der Waals surface area contributed by atoms with E-state index >= 15 is 0 Å². The van der Waals surface area contributed by atoms with Gasteiger partial charge in [-0.25, -0.2) is 0 Å². The van der Waals surface area contributed by atoms with Crippen LogP contribution < -0.4 is 0 Å². The molecular weight excluding hydrogens is 296 g/mol. The van der Waals surface area contributed by atoms with E-state index in [1.165, 1.54) is 12.8 Å². The molecule has 2 N–H and O–H groups in total. The monoisotopic (exact) mass is 326 g/mol. The van der Waals surface area contributed by atoms with Crippen molar-refractivity contribution < 1.29 is 14.4 Å². The molecule has 0 aromatic heterocycles. The first kappa shape index (κ1) is 19.3. The molecule has 1 aromatic rings. The molecule has 1 aromatic carbocycles. The van der Waals surface area contributed by atoms with Crippen LogP contribution >= 0.6 is 0 Å². The van der Waals surface area contributed by atoms with Gasteiger partial charge in [-0.05, 0) is 25.5 Å². The molecule has 0 unspecified atom stereocenters. The maximum Gasteiger partial charge on any atom is 0.0709 e. The van der Waals surface area contributed by atoms with Crippen molar-refractivity contribution in [3.05, 3.63) is 29.8 Å². The molecular formula is C18H30O3S. The molecule has 4 heteroatoms. The van der Waals surface area contributed by atoms with Gasteiger partial charge in [-0.2, -0.15) is 0 Å². The number of aryl methyl sites for hydroxylation is 1. The lowest BCUT2D eigenvalue weighted by Crippen LogP contribution is -2.33. The van der Waals surface area contributed by atoms with Gasteiger partial charge in [0.05, 0.1) is 28.8 Å². The standard InChI is InChI=1S/C18H30O3S/c1-4-5-6-7-8-17(19)15(3)18(20)13-22(21)16-11-9-14(2)10-12-16/h9-12,15,17-20H,4-8,13H2,1-3H3/t15-,17+,18+,22+/m0/s1. The van der Waals surface area contributed by atoms with E-state index in [9.17, 15) is 14.4 Å². The van der Waals surface area contributed by atoms with Crippen LogP contribution in [-0.2, 0) is 10.8 Å². The van der Waals surface area contributed by atoms with Crippen LogP contribution in [0.2, 0.25) is 0 Å². The molecule has 0 aliphatic carbocycles. The summed E-state index contributed by atoms with van der Waals surface area (Å²) < 4.78 is 12.3. The van der Waals surface area contributed by atoms with E-state index in [1.807, 2.05) is 38.1 Å². The maximum absolute atomic E-state index is 12.3. The first-order valence-corrected chi connectivity index (χ1v) is 9.58. The fourth-order valence-corrected chi connectivity index (χ4v) is 3.64. The Morgan fingerprint density at radius 3 is 2.27 bits per heavy atom. The third kappa shape index (κ3) is 6.59. The van der Waals surface area contributed by atoms with E-state index in [0.29, 0.717) is 6.42 Å². The predicted octanol–water partition coefficient (Wildman–Crippen LogP) is 3.43. The second-order valence-electron chi connectivity index (χ2n) is 6.17. The number of hydrogen-bond acceptors (Lipinski definition) is 3. The van der Waals surface area contributed by atoms with Crippen LogP contribution in [0.15, 0.2) is 29.2 Å². The van der Waals surface area contributed by atoms with Gasteiger partial charge in [0.15, 0.2) is 0 Å². The van der Waals surface area contributed by atoms with Crippen molar-refractivity contribution in [2.75, 3.05) is 5.75 Å². The van der Waals surface area contributed by atoms with Crippen LogP contribution in [0.3, 0.4) is 0 Å². The topological polar surface area (TPSA) is 57.5 Å². The Bertz CT molecular complexity index is 444. The minimum Gasteiger partial charge on any atom is -0.393 e. The molecule has 126 valence electrons. The smallest absolute Gasteiger partial charge is 0.0709 e. The first-order chi connectivity index (χ1) is 10.5. The average Bonchev–Trinajstić information content (AvgIpc) is 2.51. The van der Waals surface area contributed by atoms with Crippen LogP contribution in [0, 0.1) is 12.8 Å². The molecule has 0 radical (unpaired) electrons. The van der Waals surface area contributed by atoms with Crippen molar-refractivity contribution in [3.8, 4) is 0 Å². The van der Waals surface area contributed by atoms with E-state index in [1.54, 1.807) is 0 Å². The minimum atomic E-state index is -1.23. The molecule has 0 saturated heterocycles. The number of aliphatic hydroxyl groups excluding tert-OH is 2. The fourth-order valence-electron chi connectivity index (χ4n) is 2.39. The number of hydrogen-bond donors (Lipinski definition) is 2. The summed E-state index contributed by atoms with van der Waals surface area (Å²) in [6.07, 6.45) is 3.88. The molecule has 0 aliphatic rings. The largest absolute Gasteiger partial charge is 0.393 e. The molecule has 0 amide bonds. The molecule has 0 aliphatic heterocycles. The first-order valence-electron chi connectivity index (χ1n) is 8.26. The lowest BCUT2D eigenvalue weighted by atomic mass is 9.94. The third-order valence-electron chi connectivity index (χ3n) is 4.17. The molecule has 4 atom stereocenters. The molecule has 1 rings (SSSR count). The molecule has 0 fully saturated rings. The molecule has 0 bridgehead atoms. The second kappa shape index (κ2) is 10.1. The highest BCUT2D eigenvalue weighted by molar-refractivity contribution is 7.85. The molecule has 3 nitrogen and oxygen atoms in total. The zero-order valence-electron chi connectivity index (χ0n) is 14.0. The summed E-state index contributed by atoms with van der Waals surface area (Å²) in [4.78, 5) is 0.731. The Kier molecular flexibility index (Phi) is 8.91. The van der Waals surface area contributed by atoms with Crippen molar-refractivity contribution in [1.29, 1.82) is 0 Å². The Labute approximate surface area is 137 Å². The highest BCUT2D eigenvalue weighted by Crippen LogP contribution is 2.18. The van der Waals surface area contributed by atoms with Crippen LogP contribution in [0.1, 0.15) is 51.5 Å². The molecule has 22 heavy (non-hydrogen) atoms. The van der Waals surface area contributed by atoms with Gasteiger partial charge in [-0.15, -0.1) is 0 Å². The van der Waals surface area contributed by atoms with Crippen molar-refractivity contribution in [3.63, 3.8) is 0 Å². The zero-order valence-corrected chi connectivity index (χ0v) is 14.8. The van der Waals surface area contributed by atoms with Crippen molar-refractivity contribution >= 4 is 10.8 Å². The lowest BCUT2D eigenvalue weighted by Gasteiger charge is -2.24. The van der Waals surface area contributed by atoms with Crippen molar-refractivity contribution in [2.24, 2.45) is 5.92 Å². The van der Waals surface area contributed by atoms with Gasteiger partial charge >= 0.3 is 0 Å². The Balaban J connectivity index is 2.43. The summed E-state index contributed by atoms with van der Waals surface area (Å²) in [5.74, 6) is -0.0768. The van der Waals surface area contributed by atoms with Gasteiger partial charge in [-0.3, -0.25) is 4.21 Å². The highest BCUT2D eigenvalue weighted by atomic mass is 32.2. The average molecular weight is 327 g/mol. The van der Waals surface area contributed by atoms with Gasteiger partial charge in [0.25, 0.3) is 0 Å². The SMILES string of the molecule is CCCCCC[C@@H](O)[C@H](C)[C@H](O)C[S@@](=O)c1ccc(C)cc1. The van der Waals surface area contributed by atoms with E-state index < -0.39 is 23.0 Å². The maximum atomic E-state index is 12.3. The Hall–Kier alpha value is -0.710. The summed E-state index contributed by atoms with van der Waals surface area (Å²) in [6.45, 7) is 5.98. The summed E-state index contributed by atoms with van der Waals surface area (Å²) in [5, 5.41) is 20.4. The minimum absolute atomic E-state index is 0.177. The van der Waals surface area contributed by atoms with E-state index in [2.05, 4.69) is 6.92 Å².